The standard InChI is InChI=1S/C28H20N2S/c1-2-13-22(14-3-1)29(24-18-10-12-21-11-4-5-15-23(21)24)30-25-16-6-8-19-27(25)31-28-20-9-7-17-26(28)30/h1-20H. The minimum atomic E-state index is 1.12. The van der Waals surface area contributed by atoms with Crippen LogP contribution in [-0.4, -0.2) is 0 Å². The average Bonchev–Trinajstić information content (AvgIpc) is 2.84. The Balaban J connectivity index is 1.67. The Bertz CT molecular complexity index is 1330. The van der Waals surface area contributed by atoms with E-state index in [-0.39, 0.29) is 0 Å². The summed E-state index contributed by atoms with van der Waals surface area (Å²) < 4.78 is 0. The largest absolute Gasteiger partial charge is 0.248 e. The number of benzene rings is 5. The van der Waals surface area contributed by atoms with Gasteiger partial charge in [0.2, 0.25) is 0 Å². The molecule has 5 aromatic rings. The van der Waals surface area contributed by atoms with Crippen molar-refractivity contribution in [1.29, 1.82) is 0 Å². The molecule has 0 unspecified atom stereocenters. The molecular weight excluding hydrogens is 396 g/mol. The third-order valence-corrected chi connectivity index (χ3v) is 6.73. The molecule has 5 aromatic carbocycles. The smallest absolute Gasteiger partial charge is 0.0776 e. The van der Waals surface area contributed by atoms with Gasteiger partial charge in [0.05, 0.1) is 22.7 Å². The van der Waals surface area contributed by atoms with Crippen LogP contribution in [0.4, 0.5) is 22.7 Å². The van der Waals surface area contributed by atoms with E-state index in [1.807, 2.05) is 11.8 Å². The second-order valence-corrected chi connectivity index (χ2v) is 8.58. The van der Waals surface area contributed by atoms with Crippen molar-refractivity contribution in [1.82, 2.24) is 0 Å². The van der Waals surface area contributed by atoms with Crippen LogP contribution in [0, 0.1) is 0 Å². The third kappa shape index (κ3) is 3.06. The van der Waals surface area contributed by atoms with Gasteiger partial charge in [-0.05, 0) is 47.9 Å². The van der Waals surface area contributed by atoms with Crippen LogP contribution in [0.3, 0.4) is 0 Å². The number of para-hydroxylation sites is 3. The van der Waals surface area contributed by atoms with Crippen LogP contribution < -0.4 is 10.0 Å². The molecule has 6 rings (SSSR count). The van der Waals surface area contributed by atoms with Crippen LogP contribution in [0.2, 0.25) is 0 Å². The van der Waals surface area contributed by atoms with E-state index < -0.39 is 0 Å². The fourth-order valence-electron chi connectivity index (χ4n) is 4.23. The lowest BCUT2D eigenvalue weighted by molar-refractivity contribution is 0.955. The van der Waals surface area contributed by atoms with E-state index >= 15 is 0 Å². The summed E-state index contributed by atoms with van der Waals surface area (Å²) in [6.07, 6.45) is 0. The molecular formula is C28H20N2S. The van der Waals surface area contributed by atoms with Crippen molar-refractivity contribution in [3.8, 4) is 0 Å². The maximum absolute atomic E-state index is 2.36. The minimum Gasteiger partial charge on any atom is -0.248 e. The SMILES string of the molecule is c1ccc(N(c2cccc3ccccc23)N2c3ccccc3Sc3ccccc32)cc1. The van der Waals surface area contributed by atoms with Crippen LogP contribution in [-0.2, 0) is 0 Å². The van der Waals surface area contributed by atoms with E-state index in [0.29, 0.717) is 0 Å². The quantitative estimate of drug-likeness (QED) is 0.293. The number of nitrogens with zero attached hydrogens (tertiary/aromatic N) is 2. The molecule has 0 atom stereocenters. The topological polar surface area (TPSA) is 6.48 Å². The third-order valence-electron chi connectivity index (χ3n) is 5.60. The molecule has 3 heteroatoms. The van der Waals surface area contributed by atoms with Crippen molar-refractivity contribution in [2.24, 2.45) is 0 Å². The van der Waals surface area contributed by atoms with Gasteiger partial charge in [-0.3, -0.25) is 0 Å². The van der Waals surface area contributed by atoms with Gasteiger partial charge in [-0.15, -0.1) is 0 Å². The van der Waals surface area contributed by atoms with Crippen LogP contribution in [0.15, 0.2) is 131 Å². The normalized spacial score (nSPS) is 12.3. The lowest BCUT2D eigenvalue weighted by Crippen LogP contribution is -2.37. The lowest BCUT2D eigenvalue weighted by atomic mass is 10.1. The molecule has 0 aliphatic carbocycles. The molecule has 0 saturated heterocycles. The van der Waals surface area contributed by atoms with E-state index in [1.54, 1.807) is 0 Å². The summed E-state index contributed by atoms with van der Waals surface area (Å²) in [5, 5.41) is 7.16. The van der Waals surface area contributed by atoms with Gasteiger partial charge in [0.1, 0.15) is 0 Å². The molecule has 0 fully saturated rings. The molecule has 1 heterocycles. The summed E-state index contributed by atoms with van der Waals surface area (Å²) >= 11 is 1.83. The number of hydrogen-bond donors (Lipinski definition) is 0. The Morgan fingerprint density at radius 1 is 0.516 bits per heavy atom. The highest BCUT2D eigenvalue weighted by Crippen LogP contribution is 2.51. The average molecular weight is 417 g/mol. The first-order valence-corrected chi connectivity index (χ1v) is 11.2. The van der Waals surface area contributed by atoms with E-state index in [1.165, 1.54) is 31.9 Å². The molecule has 0 spiro atoms. The van der Waals surface area contributed by atoms with Gasteiger partial charge < -0.3 is 0 Å². The van der Waals surface area contributed by atoms with Gasteiger partial charge in [0, 0.05) is 15.2 Å². The molecule has 0 N–H and O–H groups in total. The Hall–Kier alpha value is -3.69. The first kappa shape index (κ1) is 18.1. The number of anilines is 4. The zero-order valence-corrected chi connectivity index (χ0v) is 17.7. The summed E-state index contributed by atoms with van der Waals surface area (Å²) in [5.74, 6) is 0. The summed E-state index contributed by atoms with van der Waals surface area (Å²) in [5.41, 5.74) is 4.64. The highest BCUT2D eigenvalue weighted by atomic mass is 32.2. The Labute approximate surface area is 186 Å². The summed E-state index contributed by atoms with van der Waals surface area (Å²) in [7, 11) is 0. The van der Waals surface area contributed by atoms with Crippen molar-refractivity contribution in [3.63, 3.8) is 0 Å². The Morgan fingerprint density at radius 2 is 1.10 bits per heavy atom. The molecule has 148 valence electrons. The van der Waals surface area contributed by atoms with E-state index in [2.05, 4.69) is 131 Å². The van der Waals surface area contributed by atoms with Gasteiger partial charge in [-0.2, -0.15) is 0 Å². The molecule has 31 heavy (non-hydrogen) atoms. The number of fused-ring (bicyclic) bond motifs is 3. The van der Waals surface area contributed by atoms with E-state index in [0.717, 1.165) is 11.4 Å². The Kier molecular flexibility index (Phi) is 4.40. The summed E-state index contributed by atoms with van der Waals surface area (Å²) in [6.45, 7) is 0. The van der Waals surface area contributed by atoms with E-state index in [4.69, 9.17) is 0 Å². The number of hydrazine groups is 1. The van der Waals surface area contributed by atoms with Crippen molar-refractivity contribution in [3.05, 3.63) is 121 Å². The van der Waals surface area contributed by atoms with Crippen molar-refractivity contribution >= 4 is 45.3 Å². The summed E-state index contributed by atoms with van der Waals surface area (Å²) in [6, 6.07) is 43.0. The summed E-state index contributed by atoms with van der Waals surface area (Å²) in [4.78, 5) is 2.50. The minimum absolute atomic E-state index is 1.12. The van der Waals surface area contributed by atoms with Crippen molar-refractivity contribution in [2.45, 2.75) is 9.79 Å². The Morgan fingerprint density at radius 3 is 1.84 bits per heavy atom. The maximum atomic E-state index is 2.36. The van der Waals surface area contributed by atoms with Crippen molar-refractivity contribution in [2.75, 3.05) is 10.0 Å². The highest BCUT2D eigenvalue weighted by Gasteiger charge is 2.29. The van der Waals surface area contributed by atoms with Crippen LogP contribution in [0.25, 0.3) is 10.8 Å². The molecule has 0 bridgehead atoms. The lowest BCUT2D eigenvalue weighted by Gasteiger charge is -2.42. The zero-order valence-electron chi connectivity index (χ0n) is 16.8. The fraction of sp³-hybridized carbons (Fsp3) is 0. The van der Waals surface area contributed by atoms with Crippen molar-refractivity contribution < 1.29 is 0 Å². The number of hydrogen-bond acceptors (Lipinski definition) is 3. The maximum Gasteiger partial charge on any atom is 0.0776 e. The van der Waals surface area contributed by atoms with Gasteiger partial charge in [-0.1, -0.05) is 90.6 Å². The van der Waals surface area contributed by atoms with E-state index in [9.17, 15) is 0 Å². The predicted molar refractivity (Wildman–Crippen MR) is 132 cm³/mol. The monoisotopic (exact) mass is 416 g/mol. The molecule has 0 saturated carbocycles. The zero-order chi connectivity index (χ0) is 20.6. The van der Waals surface area contributed by atoms with Gasteiger partial charge in [0.25, 0.3) is 0 Å². The van der Waals surface area contributed by atoms with Gasteiger partial charge in [-0.25, -0.2) is 10.0 Å². The van der Waals surface area contributed by atoms with Gasteiger partial charge in [0.15, 0.2) is 0 Å². The molecule has 1 aliphatic heterocycles. The fourth-order valence-corrected chi connectivity index (χ4v) is 5.27. The molecule has 0 aromatic heterocycles. The molecule has 1 aliphatic rings. The van der Waals surface area contributed by atoms with Crippen LogP contribution >= 0.6 is 11.8 Å². The second-order valence-electron chi connectivity index (χ2n) is 7.49. The first-order chi connectivity index (χ1) is 15.4. The molecule has 0 radical (unpaired) electrons. The van der Waals surface area contributed by atoms with Crippen LogP contribution in [0.5, 0.6) is 0 Å². The first-order valence-electron chi connectivity index (χ1n) is 10.4. The predicted octanol–water partition coefficient (Wildman–Crippen LogP) is 8.20. The number of rotatable bonds is 3. The van der Waals surface area contributed by atoms with Crippen LogP contribution in [0.1, 0.15) is 0 Å². The molecule has 2 nitrogen and oxygen atoms in total. The highest BCUT2D eigenvalue weighted by molar-refractivity contribution is 7.99. The molecule has 0 amide bonds. The van der Waals surface area contributed by atoms with Gasteiger partial charge >= 0.3 is 0 Å². The second kappa shape index (κ2) is 7.53.